The number of benzene rings is 2. The third kappa shape index (κ3) is 4.63. The molecule has 0 fully saturated rings. The second-order valence-electron chi connectivity index (χ2n) is 4.67. The molecule has 6 heteroatoms. The van der Waals surface area contributed by atoms with Gasteiger partial charge in [-0.25, -0.2) is 0 Å². The summed E-state index contributed by atoms with van der Waals surface area (Å²) < 4.78 is 0. The molecule has 0 bridgehead atoms. The third-order valence-electron chi connectivity index (χ3n) is 3.05. The molecule has 0 aliphatic carbocycles. The molecule has 0 aliphatic rings. The van der Waals surface area contributed by atoms with Crippen LogP contribution in [-0.4, -0.2) is 24.1 Å². The van der Waals surface area contributed by atoms with Crippen LogP contribution in [0.5, 0.6) is 0 Å². The summed E-state index contributed by atoms with van der Waals surface area (Å²) in [5, 5.41) is 16.5. The average molecular weight is 339 g/mol. The highest BCUT2D eigenvalue weighted by Crippen LogP contribution is 2.29. The van der Waals surface area contributed by atoms with Gasteiger partial charge in [-0.2, -0.15) is 0 Å². The molecule has 0 radical (unpaired) electrons. The molecule has 0 saturated heterocycles. The fourth-order valence-electron chi connectivity index (χ4n) is 1.94. The zero-order valence-corrected chi connectivity index (χ0v) is 13.2. The van der Waals surface area contributed by atoms with E-state index >= 15 is 0 Å². The van der Waals surface area contributed by atoms with Gasteiger partial charge in [-0.1, -0.05) is 47.5 Å². The minimum absolute atomic E-state index is 0.0404. The summed E-state index contributed by atoms with van der Waals surface area (Å²) in [5.41, 5.74) is 1.27. The van der Waals surface area contributed by atoms with Crippen molar-refractivity contribution in [2.24, 2.45) is 0 Å². The molecule has 1 amide bonds. The molecule has 0 saturated carbocycles. The van der Waals surface area contributed by atoms with Gasteiger partial charge in [-0.15, -0.1) is 0 Å². The number of hydrogen-bond donors (Lipinski definition) is 3. The van der Waals surface area contributed by atoms with Gasteiger partial charge in [0.05, 0.1) is 12.6 Å². The summed E-state index contributed by atoms with van der Waals surface area (Å²) in [6, 6.07) is 14.4. The van der Waals surface area contributed by atoms with Crippen LogP contribution in [0.15, 0.2) is 48.5 Å². The first kappa shape index (κ1) is 16.6. The summed E-state index contributed by atoms with van der Waals surface area (Å²) in [5.74, 6) is -0.230. The molecule has 2 aromatic rings. The van der Waals surface area contributed by atoms with E-state index in [0.717, 1.165) is 5.69 Å². The lowest BCUT2D eigenvalue weighted by molar-refractivity contribution is -0.119. The number of nitrogens with one attached hydrogen (secondary N) is 2. The molecule has 4 nitrogen and oxygen atoms in total. The van der Waals surface area contributed by atoms with E-state index in [-0.39, 0.29) is 19.0 Å². The van der Waals surface area contributed by atoms with Crippen LogP contribution in [0.4, 0.5) is 5.69 Å². The van der Waals surface area contributed by atoms with E-state index < -0.39 is 6.10 Å². The molecule has 0 spiro atoms. The maximum absolute atomic E-state index is 11.8. The number of carbonyl (C=O) groups excluding carboxylic acids is 1. The number of para-hydroxylation sites is 1. The largest absolute Gasteiger partial charge is 0.386 e. The number of aliphatic hydroxyl groups is 1. The van der Waals surface area contributed by atoms with Crippen molar-refractivity contribution in [2.75, 3.05) is 18.4 Å². The van der Waals surface area contributed by atoms with Crippen LogP contribution in [0.3, 0.4) is 0 Å². The number of carbonyl (C=O) groups is 1. The highest BCUT2D eigenvalue weighted by atomic mass is 35.5. The first-order valence-corrected chi connectivity index (χ1v) is 7.51. The van der Waals surface area contributed by atoms with E-state index in [4.69, 9.17) is 23.2 Å². The minimum Gasteiger partial charge on any atom is -0.386 e. The van der Waals surface area contributed by atoms with Gasteiger partial charge >= 0.3 is 0 Å². The number of amides is 1. The molecule has 1 atom stereocenters. The standard InChI is InChI=1S/C16H16Cl2N2O2/c17-12-7-4-8-13(18)16(12)14(21)9-20-15(22)10-19-11-5-2-1-3-6-11/h1-8,14,19,21H,9-10H2,(H,20,22). The highest BCUT2D eigenvalue weighted by molar-refractivity contribution is 6.36. The fourth-order valence-corrected chi connectivity index (χ4v) is 2.59. The lowest BCUT2D eigenvalue weighted by Gasteiger charge is -2.15. The number of anilines is 1. The van der Waals surface area contributed by atoms with Crippen LogP contribution in [0.25, 0.3) is 0 Å². The van der Waals surface area contributed by atoms with Crippen molar-refractivity contribution in [3.63, 3.8) is 0 Å². The third-order valence-corrected chi connectivity index (χ3v) is 3.71. The van der Waals surface area contributed by atoms with Crippen LogP contribution >= 0.6 is 23.2 Å². The Morgan fingerprint density at radius 1 is 1.05 bits per heavy atom. The normalized spacial score (nSPS) is 11.8. The van der Waals surface area contributed by atoms with E-state index in [1.165, 1.54) is 0 Å². The molecule has 0 aliphatic heterocycles. The zero-order chi connectivity index (χ0) is 15.9. The first-order valence-electron chi connectivity index (χ1n) is 6.75. The van der Waals surface area contributed by atoms with Crippen molar-refractivity contribution in [1.82, 2.24) is 5.32 Å². The molecule has 0 heterocycles. The minimum atomic E-state index is -0.957. The van der Waals surface area contributed by atoms with E-state index in [9.17, 15) is 9.90 Å². The second-order valence-corrected chi connectivity index (χ2v) is 5.49. The van der Waals surface area contributed by atoms with Crippen molar-refractivity contribution in [2.45, 2.75) is 6.10 Å². The van der Waals surface area contributed by atoms with E-state index in [0.29, 0.717) is 15.6 Å². The van der Waals surface area contributed by atoms with Crippen molar-refractivity contribution in [3.8, 4) is 0 Å². The Labute approximate surface area is 139 Å². The molecule has 3 N–H and O–H groups in total. The van der Waals surface area contributed by atoms with Crippen molar-refractivity contribution < 1.29 is 9.90 Å². The first-order chi connectivity index (χ1) is 10.6. The second kappa shape index (κ2) is 8.03. The molecule has 22 heavy (non-hydrogen) atoms. The SMILES string of the molecule is O=C(CNc1ccccc1)NCC(O)c1c(Cl)cccc1Cl. The Bertz CT molecular complexity index is 615. The summed E-state index contributed by atoms with van der Waals surface area (Å²) in [4.78, 5) is 11.8. The highest BCUT2D eigenvalue weighted by Gasteiger charge is 2.16. The van der Waals surface area contributed by atoms with Crippen LogP contribution in [0.2, 0.25) is 10.0 Å². The summed E-state index contributed by atoms with van der Waals surface area (Å²) >= 11 is 12.0. The van der Waals surface area contributed by atoms with Gasteiger partial charge in [-0.05, 0) is 24.3 Å². The zero-order valence-electron chi connectivity index (χ0n) is 11.7. The van der Waals surface area contributed by atoms with Gasteiger partial charge in [0.2, 0.25) is 5.91 Å². The van der Waals surface area contributed by atoms with E-state index in [1.807, 2.05) is 30.3 Å². The summed E-state index contributed by atoms with van der Waals surface area (Å²) in [6.07, 6.45) is -0.957. The van der Waals surface area contributed by atoms with Gasteiger partial charge in [0.1, 0.15) is 0 Å². The van der Waals surface area contributed by atoms with Crippen LogP contribution in [-0.2, 0) is 4.79 Å². The predicted octanol–water partition coefficient (Wildman–Crippen LogP) is 3.26. The van der Waals surface area contributed by atoms with Gasteiger partial charge in [0, 0.05) is 27.8 Å². The fraction of sp³-hybridized carbons (Fsp3) is 0.188. The van der Waals surface area contributed by atoms with Crippen molar-refractivity contribution in [1.29, 1.82) is 0 Å². The van der Waals surface area contributed by atoms with Gasteiger partial charge in [0.25, 0.3) is 0 Å². The van der Waals surface area contributed by atoms with Gasteiger partial charge in [-0.3, -0.25) is 4.79 Å². The summed E-state index contributed by atoms with van der Waals surface area (Å²) in [6.45, 7) is 0.158. The molecular formula is C16H16Cl2N2O2. The predicted molar refractivity (Wildman–Crippen MR) is 89.4 cm³/mol. The number of hydrogen-bond acceptors (Lipinski definition) is 3. The monoisotopic (exact) mass is 338 g/mol. The quantitative estimate of drug-likeness (QED) is 0.757. The smallest absolute Gasteiger partial charge is 0.239 e. The van der Waals surface area contributed by atoms with Gasteiger partial charge in [0.15, 0.2) is 0 Å². The molecular weight excluding hydrogens is 323 g/mol. The maximum Gasteiger partial charge on any atom is 0.239 e. The molecule has 1 unspecified atom stereocenters. The van der Waals surface area contributed by atoms with E-state index in [1.54, 1.807) is 18.2 Å². The molecule has 2 aromatic carbocycles. The number of aliphatic hydroxyl groups excluding tert-OH is 1. The lowest BCUT2D eigenvalue weighted by atomic mass is 10.1. The maximum atomic E-state index is 11.8. The van der Waals surface area contributed by atoms with Crippen LogP contribution in [0.1, 0.15) is 11.7 Å². The Hall–Kier alpha value is -1.75. The van der Waals surface area contributed by atoms with Gasteiger partial charge < -0.3 is 15.7 Å². The van der Waals surface area contributed by atoms with Crippen LogP contribution < -0.4 is 10.6 Å². The van der Waals surface area contributed by atoms with E-state index in [2.05, 4.69) is 10.6 Å². The number of rotatable bonds is 6. The summed E-state index contributed by atoms with van der Waals surface area (Å²) in [7, 11) is 0. The Kier molecular flexibility index (Phi) is 6.07. The Balaban J connectivity index is 1.83. The molecule has 2 rings (SSSR count). The molecule has 116 valence electrons. The number of halogens is 2. The molecule has 0 aromatic heterocycles. The van der Waals surface area contributed by atoms with Crippen molar-refractivity contribution >= 4 is 34.8 Å². The lowest BCUT2D eigenvalue weighted by Crippen LogP contribution is -2.33. The topological polar surface area (TPSA) is 61.4 Å². The Morgan fingerprint density at radius 3 is 2.32 bits per heavy atom. The average Bonchev–Trinajstić information content (AvgIpc) is 2.52. The Morgan fingerprint density at radius 2 is 1.68 bits per heavy atom. The van der Waals surface area contributed by atoms with Crippen LogP contribution in [0, 0.1) is 0 Å². The van der Waals surface area contributed by atoms with Crippen molar-refractivity contribution in [3.05, 3.63) is 64.1 Å².